The van der Waals surface area contributed by atoms with Crippen LogP contribution >= 0.6 is 0 Å². The van der Waals surface area contributed by atoms with Gasteiger partial charge in [0.1, 0.15) is 0 Å². The Balaban J connectivity index is 4.15. The van der Waals surface area contributed by atoms with Crippen LogP contribution in [0.25, 0.3) is 0 Å². The summed E-state index contributed by atoms with van der Waals surface area (Å²) in [6, 6.07) is 0. The number of hydrogen-bond donors (Lipinski definition) is 2. The Kier molecular flexibility index (Phi) is 3.91. The number of aliphatic hydroxyl groups is 1. The van der Waals surface area contributed by atoms with Crippen molar-refractivity contribution in [1.82, 2.24) is 0 Å². The molecule has 0 aromatic rings. The molecule has 0 bridgehead atoms. The molecule has 0 radical (unpaired) electrons. The molecule has 0 aliphatic carbocycles. The summed E-state index contributed by atoms with van der Waals surface area (Å²) in [6.45, 7) is 6.55. The molecule has 3 N–H and O–H groups in total. The van der Waals surface area contributed by atoms with Crippen molar-refractivity contribution < 1.29 is 5.11 Å². The van der Waals surface area contributed by atoms with Gasteiger partial charge in [0.15, 0.2) is 0 Å². The molecular formula is C8H19NO. The molecule has 0 aliphatic heterocycles. The summed E-state index contributed by atoms with van der Waals surface area (Å²) in [5.74, 6) is 0. The molecule has 1 atom stereocenters. The summed E-state index contributed by atoms with van der Waals surface area (Å²) >= 11 is 0. The largest absolute Gasteiger partial charge is 0.393 e. The number of aliphatic hydroxyl groups excluding tert-OH is 1. The lowest BCUT2D eigenvalue weighted by atomic mass is 9.78. The van der Waals surface area contributed by atoms with Crippen LogP contribution in [0.3, 0.4) is 0 Å². The zero-order chi connectivity index (χ0) is 8.20. The van der Waals surface area contributed by atoms with Crippen molar-refractivity contribution in [2.24, 2.45) is 11.1 Å². The highest BCUT2D eigenvalue weighted by molar-refractivity contribution is 4.82. The minimum atomic E-state index is -0.285. The molecule has 0 rings (SSSR count). The van der Waals surface area contributed by atoms with Crippen molar-refractivity contribution in [1.29, 1.82) is 0 Å². The molecule has 10 heavy (non-hydrogen) atoms. The predicted molar refractivity (Wildman–Crippen MR) is 43.8 cm³/mol. The van der Waals surface area contributed by atoms with E-state index in [1.165, 1.54) is 0 Å². The third kappa shape index (κ3) is 1.70. The lowest BCUT2D eigenvalue weighted by Gasteiger charge is -2.33. The fraction of sp³-hybridized carbons (Fsp3) is 1.00. The number of nitrogens with two attached hydrogens (primary N) is 1. The first-order valence-electron chi connectivity index (χ1n) is 4.01. The summed E-state index contributed by atoms with van der Waals surface area (Å²) in [5, 5.41) is 9.38. The molecule has 1 unspecified atom stereocenters. The Bertz CT molecular complexity index is 79.0. The summed E-state index contributed by atoms with van der Waals surface area (Å²) in [4.78, 5) is 0. The van der Waals surface area contributed by atoms with E-state index in [0.29, 0.717) is 6.54 Å². The van der Waals surface area contributed by atoms with Crippen LogP contribution in [0.4, 0.5) is 0 Å². The van der Waals surface area contributed by atoms with Crippen molar-refractivity contribution in [3.63, 3.8) is 0 Å². The third-order valence-corrected chi connectivity index (χ3v) is 2.70. The van der Waals surface area contributed by atoms with Crippen molar-refractivity contribution in [3.8, 4) is 0 Å². The minimum absolute atomic E-state index is 0.0417. The molecule has 0 fully saturated rings. The normalized spacial score (nSPS) is 15.3. The highest BCUT2D eigenvalue weighted by Crippen LogP contribution is 2.28. The van der Waals surface area contributed by atoms with Gasteiger partial charge in [0.2, 0.25) is 0 Å². The highest BCUT2D eigenvalue weighted by Gasteiger charge is 2.29. The second kappa shape index (κ2) is 3.94. The van der Waals surface area contributed by atoms with Gasteiger partial charge in [0, 0.05) is 12.0 Å². The van der Waals surface area contributed by atoms with E-state index in [-0.39, 0.29) is 11.5 Å². The van der Waals surface area contributed by atoms with Crippen molar-refractivity contribution >= 4 is 0 Å². The smallest absolute Gasteiger partial charge is 0.0580 e. The molecule has 2 heteroatoms. The van der Waals surface area contributed by atoms with Gasteiger partial charge in [-0.25, -0.2) is 0 Å². The van der Waals surface area contributed by atoms with Crippen LogP contribution in [-0.2, 0) is 0 Å². The first kappa shape index (κ1) is 9.92. The first-order valence-corrected chi connectivity index (χ1v) is 4.01. The van der Waals surface area contributed by atoms with Crippen molar-refractivity contribution in [2.75, 3.05) is 6.54 Å². The van der Waals surface area contributed by atoms with Crippen LogP contribution in [-0.4, -0.2) is 17.8 Å². The lowest BCUT2D eigenvalue weighted by Crippen LogP contribution is -2.39. The Morgan fingerprint density at radius 3 is 1.80 bits per heavy atom. The van der Waals surface area contributed by atoms with Crippen LogP contribution < -0.4 is 5.73 Å². The van der Waals surface area contributed by atoms with E-state index in [0.717, 1.165) is 12.8 Å². The molecule has 0 amide bonds. The fourth-order valence-electron chi connectivity index (χ4n) is 1.30. The predicted octanol–water partition coefficient (Wildman–Crippen LogP) is 1.13. The molecule has 0 aromatic carbocycles. The first-order chi connectivity index (χ1) is 4.63. The Morgan fingerprint density at radius 1 is 1.40 bits per heavy atom. The maximum absolute atomic E-state index is 9.38. The van der Waals surface area contributed by atoms with Crippen molar-refractivity contribution in [3.05, 3.63) is 0 Å². The minimum Gasteiger partial charge on any atom is -0.393 e. The van der Waals surface area contributed by atoms with Crippen LogP contribution in [0.5, 0.6) is 0 Å². The maximum atomic E-state index is 9.38. The Hall–Kier alpha value is -0.0800. The van der Waals surface area contributed by atoms with Gasteiger partial charge in [0.05, 0.1) is 6.10 Å². The molecule has 0 heterocycles. The van der Waals surface area contributed by atoms with Crippen LogP contribution in [0.15, 0.2) is 0 Å². The van der Waals surface area contributed by atoms with Gasteiger partial charge in [-0.05, 0) is 19.8 Å². The zero-order valence-electron chi connectivity index (χ0n) is 7.22. The van der Waals surface area contributed by atoms with E-state index in [2.05, 4.69) is 13.8 Å². The Morgan fingerprint density at radius 2 is 1.80 bits per heavy atom. The van der Waals surface area contributed by atoms with Crippen molar-refractivity contribution in [2.45, 2.75) is 39.7 Å². The molecule has 2 nitrogen and oxygen atoms in total. The van der Waals surface area contributed by atoms with Crippen LogP contribution in [0.1, 0.15) is 33.6 Å². The summed E-state index contributed by atoms with van der Waals surface area (Å²) in [7, 11) is 0. The van der Waals surface area contributed by atoms with Crippen LogP contribution in [0.2, 0.25) is 0 Å². The summed E-state index contributed by atoms with van der Waals surface area (Å²) < 4.78 is 0. The van der Waals surface area contributed by atoms with Gasteiger partial charge >= 0.3 is 0 Å². The van der Waals surface area contributed by atoms with E-state index >= 15 is 0 Å². The second-order valence-electron chi connectivity index (χ2n) is 2.95. The molecule has 0 spiro atoms. The quantitative estimate of drug-likeness (QED) is 0.623. The Labute approximate surface area is 63.4 Å². The second-order valence-corrected chi connectivity index (χ2v) is 2.95. The summed E-state index contributed by atoms with van der Waals surface area (Å²) in [6.07, 6.45) is 1.63. The maximum Gasteiger partial charge on any atom is 0.0580 e. The third-order valence-electron chi connectivity index (χ3n) is 2.70. The van der Waals surface area contributed by atoms with E-state index in [9.17, 15) is 5.11 Å². The van der Waals surface area contributed by atoms with Gasteiger partial charge in [-0.15, -0.1) is 0 Å². The topological polar surface area (TPSA) is 46.2 Å². The summed E-state index contributed by atoms with van der Waals surface area (Å²) in [5.41, 5.74) is 5.53. The van der Waals surface area contributed by atoms with Gasteiger partial charge < -0.3 is 10.8 Å². The van der Waals surface area contributed by atoms with Gasteiger partial charge in [-0.2, -0.15) is 0 Å². The van der Waals surface area contributed by atoms with E-state index in [1.54, 1.807) is 0 Å². The molecular weight excluding hydrogens is 126 g/mol. The monoisotopic (exact) mass is 145 g/mol. The number of hydrogen-bond acceptors (Lipinski definition) is 2. The zero-order valence-corrected chi connectivity index (χ0v) is 7.22. The highest BCUT2D eigenvalue weighted by atomic mass is 16.3. The molecule has 0 saturated heterocycles. The molecule has 62 valence electrons. The van der Waals surface area contributed by atoms with Gasteiger partial charge in [-0.1, -0.05) is 13.8 Å². The van der Waals surface area contributed by atoms with E-state index in [1.807, 2.05) is 6.92 Å². The average Bonchev–Trinajstić information content (AvgIpc) is 1.92. The standard InChI is InChI=1S/C8H19NO/c1-4-8(5-2,6-9)7(3)10/h7,10H,4-6,9H2,1-3H3. The van der Waals surface area contributed by atoms with E-state index < -0.39 is 0 Å². The lowest BCUT2D eigenvalue weighted by molar-refractivity contribution is 0.0384. The molecule has 0 aromatic heterocycles. The van der Waals surface area contributed by atoms with E-state index in [4.69, 9.17) is 5.73 Å². The van der Waals surface area contributed by atoms with Gasteiger partial charge in [-0.3, -0.25) is 0 Å². The van der Waals surface area contributed by atoms with Gasteiger partial charge in [0.25, 0.3) is 0 Å². The SMILES string of the molecule is CCC(CC)(CN)C(C)O. The van der Waals surface area contributed by atoms with Crippen LogP contribution in [0, 0.1) is 5.41 Å². The fourth-order valence-corrected chi connectivity index (χ4v) is 1.30. The molecule has 0 aliphatic rings. The molecule has 0 saturated carbocycles. The number of rotatable bonds is 4. The average molecular weight is 145 g/mol.